The van der Waals surface area contributed by atoms with Crippen LogP contribution in [0.25, 0.3) is 0 Å². The van der Waals surface area contributed by atoms with Gasteiger partial charge in [-0.1, -0.05) is 15.9 Å². The second-order valence-corrected chi connectivity index (χ2v) is 6.30. The van der Waals surface area contributed by atoms with Crippen molar-refractivity contribution in [2.45, 2.75) is 25.4 Å². The Labute approximate surface area is 126 Å². The molecular weight excluding hydrogens is 324 g/mol. The molecule has 5 nitrogen and oxygen atoms in total. The topological polar surface area (TPSA) is 52.0 Å². The van der Waals surface area contributed by atoms with Gasteiger partial charge in [-0.25, -0.2) is 0 Å². The van der Waals surface area contributed by atoms with Gasteiger partial charge in [-0.15, -0.1) is 0 Å². The zero-order chi connectivity index (χ0) is 14.1. The molecule has 1 saturated carbocycles. The summed E-state index contributed by atoms with van der Waals surface area (Å²) in [6.07, 6.45) is 2.25. The van der Waals surface area contributed by atoms with Gasteiger partial charge >= 0.3 is 0 Å². The van der Waals surface area contributed by atoms with Crippen molar-refractivity contribution in [3.05, 3.63) is 22.2 Å². The number of fused-ring (bicyclic) bond motifs is 1. The van der Waals surface area contributed by atoms with E-state index in [9.17, 15) is 4.79 Å². The van der Waals surface area contributed by atoms with Crippen LogP contribution in [0, 0.1) is 0 Å². The third kappa shape index (κ3) is 3.24. The monoisotopic (exact) mass is 341 g/mol. The SMILES string of the molecule is C[NH+](CC(=O)NC1CC1)Cc1cc2c(cc1Br)OCO2. The Morgan fingerprint density at radius 2 is 2.10 bits per heavy atom. The van der Waals surface area contributed by atoms with Crippen LogP contribution < -0.4 is 19.7 Å². The van der Waals surface area contributed by atoms with E-state index in [0.717, 1.165) is 45.8 Å². The predicted molar refractivity (Wildman–Crippen MR) is 76.9 cm³/mol. The number of nitrogens with one attached hydrogen (secondary N) is 2. The molecule has 0 saturated heterocycles. The quantitative estimate of drug-likeness (QED) is 0.818. The molecule has 0 radical (unpaired) electrons. The zero-order valence-corrected chi connectivity index (χ0v) is 13.0. The maximum absolute atomic E-state index is 11.8. The highest BCUT2D eigenvalue weighted by Crippen LogP contribution is 2.36. The lowest BCUT2D eigenvalue weighted by Gasteiger charge is -2.15. The minimum absolute atomic E-state index is 0.127. The van der Waals surface area contributed by atoms with Crippen molar-refractivity contribution in [1.82, 2.24) is 5.32 Å². The molecule has 3 rings (SSSR count). The van der Waals surface area contributed by atoms with Gasteiger partial charge in [-0.3, -0.25) is 4.79 Å². The average molecular weight is 342 g/mol. The van der Waals surface area contributed by atoms with E-state index in [4.69, 9.17) is 9.47 Å². The minimum atomic E-state index is 0.127. The van der Waals surface area contributed by atoms with Crippen LogP contribution in [-0.4, -0.2) is 32.3 Å². The number of hydrogen-bond acceptors (Lipinski definition) is 3. The number of ether oxygens (including phenoxy) is 2. The Hall–Kier alpha value is -1.27. The molecule has 1 heterocycles. The van der Waals surface area contributed by atoms with Crippen molar-refractivity contribution in [3.63, 3.8) is 0 Å². The van der Waals surface area contributed by atoms with E-state index in [1.807, 2.05) is 19.2 Å². The second-order valence-electron chi connectivity index (χ2n) is 5.45. The summed E-state index contributed by atoms with van der Waals surface area (Å²) in [7, 11) is 2.02. The first-order valence-corrected chi connectivity index (χ1v) is 7.60. The van der Waals surface area contributed by atoms with Crippen LogP contribution >= 0.6 is 15.9 Å². The van der Waals surface area contributed by atoms with Gasteiger partial charge < -0.3 is 19.7 Å². The van der Waals surface area contributed by atoms with E-state index in [1.165, 1.54) is 0 Å². The summed E-state index contributed by atoms with van der Waals surface area (Å²) in [5.41, 5.74) is 1.12. The fourth-order valence-corrected chi connectivity index (χ4v) is 2.73. The number of likely N-dealkylation sites (N-methyl/N-ethyl adjacent to an activating group) is 1. The van der Waals surface area contributed by atoms with Gasteiger partial charge in [-0.05, 0) is 25.0 Å². The lowest BCUT2D eigenvalue weighted by Crippen LogP contribution is -3.09. The molecule has 1 unspecified atom stereocenters. The van der Waals surface area contributed by atoms with Crippen LogP contribution in [-0.2, 0) is 11.3 Å². The first-order chi connectivity index (χ1) is 9.61. The van der Waals surface area contributed by atoms with Crippen LogP contribution in [0.5, 0.6) is 11.5 Å². The molecule has 1 amide bonds. The molecule has 1 aromatic rings. The third-order valence-electron chi connectivity index (χ3n) is 3.44. The fourth-order valence-electron chi connectivity index (χ4n) is 2.26. The summed E-state index contributed by atoms with van der Waals surface area (Å²) in [6, 6.07) is 4.33. The maximum atomic E-state index is 11.8. The fraction of sp³-hybridized carbons (Fsp3) is 0.500. The minimum Gasteiger partial charge on any atom is -0.454 e. The van der Waals surface area contributed by atoms with Crippen molar-refractivity contribution < 1.29 is 19.2 Å². The normalized spacial score (nSPS) is 17.9. The Morgan fingerprint density at radius 3 is 2.80 bits per heavy atom. The van der Waals surface area contributed by atoms with Crippen LogP contribution in [0.1, 0.15) is 18.4 Å². The number of amides is 1. The first-order valence-electron chi connectivity index (χ1n) is 6.80. The summed E-state index contributed by atoms with van der Waals surface area (Å²) in [4.78, 5) is 12.9. The van der Waals surface area contributed by atoms with Gasteiger partial charge in [0, 0.05) is 16.1 Å². The van der Waals surface area contributed by atoms with Crippen molar-refractivity contribution in [1.29, 1.82) is 0 Å². The van der Waals surface area contributed by atoms with E-state index in [2.05, 4.69) is 21.2 Å². The molecule has 1 aliphatic heterocycles. The summed E-state index contributed by atoms with van der Waals surface area (Å²) in [5.74, 6) is 1.67. The Kier molecular flexibility index (Phi) is 3.85. The molecule has 0 aromatic heterocycles. The molecule has 6 heteroatoms. The molecule has 2 aliphatic rings. The average Bonchev–Trinajstić information content (AvgIpc) is 3.06. The van der Waals surface area contributed by atoms with Crippen molar-refractivity contribution in [2.75, 3.05) is 20.4 Å². The molecule has 0 bridgehead atoms. The van der Waals surface area contributed by atoms with E-state index in [0.29, 0.717) is 12.6 Å². The third-order valence-corrected chi connectivity index (χ3v) is 4.18. The van der Waals surface area contributed by atoms with Crippen LogP contribution in [0.2, 0.25) is 0 Å². The number of carbonyl (C=O) groups excluding carboxylic acids is 1. The number of hydrogen-bond donors (Lipinski definition) is 2. The van der Waals surface area contributed by atoms with Gasteiger partial charge in [0.1, 0.15) is 6.54 Å². The summed E-state index contributed by atoms with van der Waals surface area (Å²) >= 11 is 3.55. The molecule has 1 fully saturated rings. The highest BCUT2D eigenvalue weighted by Gasteiger charge is 2.25. The highest BCUT2D eigenvalue weighted by molar-refractivity contribution is 9.10. The molecule has 0 spiro atoms. The number of rotatable bonds is 5. The van der Waals surface area contributed by atoms with E-state index in [1.54, 1.807) is 0 Å². The van der Waals surface area contributed by atoms with E-state index < -0.39 is 0 Å². The van der Waals surface area contributed by atoms with Crippen LogP contribution in [0.15, 0.2) is 16.6 Å². The van der Waals surface area contributed by atoms with Crippen LogP contribution in [0.4, 0.5) is 0 Å². The first kappa shape index (κ1) is 13.7. The van der Waals surface area contributed by atoms with Gasteiger partial charge in [0.15, 0.2) is 18.0 Å². The molecule has 20 heavy (non-hydrogen) atoms. The van der Waals surface area contributed by atoms with Gasteiger partial charge in [-0.2, -0.15) is 0 Å². The lowest BCUT2D eigenvalue weighted by atomic mass is 10.2. The number of quaternary nitrogens is 1. The summed E-state index contributed by atoms with van der Waals surface area (Å²) in [5, 5.41) is 3.01. The molecule has 1 aliphatic carbocycles. The van der Waals surface area contributed by atoms with E-state index >= 15 is 0 Å². The van der Waals surface area contributed by atoms with Crippen molar-refractivity contribution in [2.24, 2.45) is 0 Å². The highest BCUT2D eigenvalue weighted by atomic mass is 79.9. The number of carbonyl (C=O) groups is 1. The number of halogens is 1. The lowest BCUT2D eigenvalue weighted by molar-refractivity contribution is -0.885. The molecule has 108 valence electrons. The van der Waals surface area contributed by atoms with Gasteiger partial charge in [0.25, 0.3) is 5.91 Å². The summed E-state index contributed by atoms with van der Waals surface area (Å²) < 4.78 is 11.7. The second kappa shape index (κ2) is 5.61. The molecule has 1 atom stereocenters. The van der Waals surface area contributed by atoms with Gasteiger partial charge in [0.2, 0.25) is 6.79 Å². The Bertz CT molecular complexity index is 531. The van der Waals surface area contributed by atoms with Crippen LogP contribution in [0.3, 0.4) is 0 Å². The van der Waals surface area contributed by atoms with Crippen molar-refractivity contribution >= 4 is 21.8 Å². The Morgan fingerprint density at radius 1 is 1.40 bits per heavy atom. The van der Waals surface area contributed by atoms with E-state index in [-0.39, 0.29) is 12.7 Å². The smallest absolute Gasteiger partial charge is 0.275 e. The summed E-state index contributed by atoms with van der Waals surface area (Å²) in [6.45, 7) is 1.52. The molecule has 2 N–H and O–H groups in total. The molecular formula is C14H18BrN2O3+. The van der Waals surface area contributed by atoms with Gasteiger partial charge in [0.05, 0.1) is 7.05 Å². The van der Waals surface area contributed by atoms with Crippen molar-refractivity contribution in [3.8, 4) is 11.5 Å². The largest absolute Gasteiger partial charge is 0.454 e. The predicted octanol–water partition coefficient (Wildman–Crippen LogP) is 0.471. The zero-order valence-electron chi connectivity index (χ0n) is 11.4. The number of benzene rings is 1. The molecule has 1 aromatic carbocycles. The standard InChI is InChI=1S/C14H17BrN2O3/c1-17(7-14(18)16-10-2-3-10)6-9-4-12-13(5-11(9)15)20-8-19-12/h4-5,10H,2-3,6-8H2,1H3,(H,16,18)/p+1. The Balaban J connectivity index is 1.60. The maximum Gasteiger partial charge on any atom is 0.275 e.